The van der Waals surface area contributed by atoms with Crippen molar-refractivity contribution >= 4 is 68.9 Å². The molecule has 0 radical (unpaired) electrons. The Morgan fingerprint density at radius 3 is 1.88 bits per heavy atom. The van der Waals surface area contributed by atoms with Crippen LogP contribution in [0.4, 0.5) is 0 Å². The second kappa shape index (κ2) is 14.8. The van der Waals surface area contributed by atoms with Crippen LogP contribution in [-0.2, 0) is 32.3 Å². The van der Waals surface area contributed by atoms with Gasteiger partial charge in [0.05, 0.1) is 14.2 Å². The summed E-state index contributed by atoms with van der Waals surface area (Å²) in [4.78, 5) is 55.6. The Hall–Kier alpha value is -2.68. The molecule has 0 saturated carbocycles. The summed E-state index contributed by atoms with van der Waals surface area (Å²) in [6.45, 7) is 1.83. The van der Waals surface area contributed by atoms with Gasteiger partial charge in [0.1, 0.15) is 11.5 Å². The summed E-state index contributed by atoms with van der Waals surface area (Å²) in [6.07, 6.45) is 0. The molecule has 0 atom stereocenters. The van der Waals surface area contributed by atoms with Gasteiger partial charge < -0.3 is 24.6 Å². The number of amides is 4. The Bertz CT molecular complexity index is 1170. The lowest BCUT2D eigenvalue weighted by atomic mass is 10.2. The van der Waals surface area contributed by atoms with Crippen LogP contribution < -0.4 is 19.5 Å². The number of methoxy groups -OCH3 is 2. The smallest absolute Gasteiger partial charge is 0.319 e. The Morgan fingerprint density at radius 2 is 1.35 bits per heavy atom. The molecule has 214 valence electrons. The van der Waals surface area contributed by atoms with Crippen molar-refractivity contribution in [2.24, 2.45) is 0 Å². The van der Waals surface area contributed by atoms with Crippen molar-refractivity contribution < 1.29 is 28.7 Å². The van der Waals surface area contributed by atoms with Crippen LogP contribution in [0.5, 0.6) is 11.5 Å². The average Bonchev–Trinajstić information content (AvgIpc) is 3.33. The lowest BCUT2D eigenvalue weighted by molar-refractivity contribution is -0.146. The van der Waals surface area contributed by atoms with E-state index in [2.05, 4.69) is 10.0 Å². The Kier molecular flexibility index (Phi) is 11.2. The van der Waals surface area contributed by atoms with Crippen molar-refractivity contribution in [1.82, 2.24) is 19.8 Å². The van der Waals surface area contributed by atoms with Gasteiger partial charge in [-0.05, 0) is 47.5 Å². The number of nitrogens with zero attached hydrogens (tertiary/aromatic N) is 2. The van der Waals surface area contributed by atoms with E-state index in [1.165, 1.54) is 20.6 Å². The quantitative estimate of drug-likeness (QED) is 0.207. The van der Waals surface area contributed by atoms with Crippen LogP contribution in [0.3, 0.4) is 0 Å². The van der Waals surface area contributed by atoms with Gasteiger partial charge in [-0.3, -0.25) is 23.9 Å². The summed E-state index contributed by atoms with van der Waals surface area (Å²) in [5, 5.41) is 2.64. The zero-order valence-corrected chi connectivity index (χ0v) is 25.4. The Morgan fingerprint density at radius 1 is 0.825 bits per heavy atom. The minimum Gasteiger partial charge on any atom is -0.497 e. The van der Waals surface area contributed by atoms with Gasteiger partial charge in [-0.2, -0.15) is 0 Å². The number of ether oxygens (including phenoxy) is 2. The molecule has 2 aliphatic heterocycles. The highest BCUT2D eigenvalue weighted by Crippen LogP contribution is 2.31. The van der Waals surface area contributed by atoms with Gasteiger partial charge in [-0.1, -0.05) is 10.8 Å². The van der Waals surface area contributed by atoms with E-state index in [0.717, 1.165) is 31.9 Å². The van der Waals surface area contributed by atoms with Gasteiger partial charge in [-0.15, -0.1) is 23.5 Å². The fraction of sp³-hybridized carbons (Fsp3) is 0.385. The molecule has 0 fully saturated rings. The molecule has 10 nitrogen and oxygen atoms in total. The second-order valence-corrected chi connectivity index (χ2v) is 13.2. The third-order valence-electron chi connectivity index (χ3n) is 6.12. The molecular formula is C26H30N4O6S4. The first kappa shape index (κ1) is 30.3. The van der Waals surface area contributed by atoms with Gasteiger partial charge in [0.15, 0.2) is 0 Å². The van der Waals surface area contributed by atoms with E-state index >= 15 is 0 Å². The molecule has 4 rings (SSSR count). The van der Waals surface area contributed by atoms with Crippen LogP contribution in [0.25, 0.3) is 0 Å². The fourth-order valence-corrected chi connectivity index (χ4v) is 7.47. The Labute approximate surface area is 249 Å². The van der Waals surface area contributed by atoms with Crippen molar-refractivity contribution in [2.75, 3.05) is 51.1 Å². The molecule has 40 heavy (non-hydrogen) atoms. The summed E-state index contributed by atoms with van der Waals surface area (Å²) in [5.74, 6) is 0.673. The number of hydrogen-bond donors (Lipinski definition) is 2. The number of carbonyl (C=O) groups is 4. The molecule has 4 amide bonds. The number of carbonyl (C=O) groups excluding carboxylic acids is 4. The van der Waals surface area contributed by atoms with Gasteiger partial charge in [0.2, 0.25) is 0 Å². The van der Waals surface area contributed by atoms with Crippen molar-refractivity contribution in [2.45, 2.75) is 22.9 Å². The first-order valence-corrected chi connectivity index (χ1v) is 16.7. The summed E-state index contributed by atoms with van der Waals surface area (Å²) >= 11 is 3.29. The van der Waals surface area contributed by atoms with Crippen LogP contribution in [-0.4, -0.2) is 84.5 Å². The predicted molar refractivity (Wildman–Crippen MR) is 159 cm³/mol. The summed E-state index contributed by atoms with van der Waals surface area (Å²) in [5.41, 5.74) is 1.89. The van der Waals surface area contributed by atoms with E-state index in [9.17, 15) is 19.2 Å². The topological polar surface area (TPSA) is 117 Å². The van der Waals surface area contributed by atoms with Crippen molar-refractivity contribution in [3.63, 3.8) is 0 Å². The molecule has 2 N–H and O–H groups in total. The molecule has 2 aromatic carbocycles. The summed E-state index contributed by atoms with van der Waals surface area (Å²) < 4.78 is 13.1. The number of fused-ring (bicyclic) bond motifs is 2. The zero-order valence-electron chi connectivity index (χ0n) is 22.1. The lowest BCUT2D eigenvalue weighted by Crippen LogP contribution is -2.43. The predicted octanol–water partition coefficient (Wildman–Crippen LogP) is 2.80. The molecule has 0 bridgehead atoms. The largest absolute Gasteiger partial charge is 0.497 e. The van der Waals surface area contributed by atoms with Crippen LogP contribution in [0, 0.1) is 0 Å². The SMILES string of the molecule is COc1ccc2c(c1)CN(C(=O)C(=O)NCCSSNC(=O)C(=O)N1CCSc3ccc(OC)cc3C1)CCS2. The lowest BCUT2D eigenvalue weighted by Gasteiger charge is -2.20. The summed E-state index contributed by atoms with van der Waals surface area (Å²) in [6, 6.07) is 11.5. The molecule has 2 aliphatic rings. The molecule has 2 aromatic rings. The molecule has 2 heterocycles. The fourth-order valence-electron chi connectivity index (χ4n) is 4.06. The summed E-state index contributed by atoms with van der Waals surface area (Å²) in [7, 11) is 5.47. The third kappa shape index (κ3) is 7.95. The maximum atomic E-state index is 12.7. The van der Waals surface area contributed by atoms with Crippen LogP contribution in [0.1, 0.15) is 11.1 Å². The van der Waals surface area contributed by atoms with Gasteiger partial charge in [-0.25, -0.2) is 0 Å². The van der Waals surface area contributed by atoms with Crippen LogP contribution >= 0.6 is 45.3 Å². The molecular weight excluding hydrogens is 593 g/mol. The number of rotatable bonds is 7. The standard InChI is InChI=1S/C26H30N4O6S4/c1-35-19-3-5-21-17(13-19)15-29(8-11-37-21)25(33)23(31)27-7-10-39-40-28-24(32)26(34)30-9-12-38-22-6-4-20(36-2)14-18(22)16-30/h3-6,13-14H,7-12,15-16H2,1-2H3,(H,27,31)(H,28,32). The van der Waals surface area contributed by atoms with Gasteiger partial charge in [0, 0.05) is 70.8 Å². The molecule has 0 unspecified atom stereocenters. The maximum Gasteiger partial charge on any atom is 0.319 e. The highest BCUT2D eigenvalue weighted by atomic mass is 33.1. The zero-order chi connectivity index (χ0) is 28.5. The first-order chi connectivity index (χ1) is 19.4. The second-order valence-electron chi connectivity index (χ2n) is 8.69. The van der Waals surface area contributed by atoms with E-state index in [1.54, 1.807) is 37.7 Å². The number of thioether (sulfide) groups is 2. The monoisotopic (exact) mass is 622 g/mol. The Balaban J connectivity index is 1.16. The number of benzene rings is 2. The van der Waals surface area contributed by atoms with E-state index in [1.807, 2.05) is 36.4 Å². The first-order valence-electron chi connectivity index (χ1n) is 12.4. The molecule has 0 aliphatic carbocycles. The highest BCUT2D eigenvalue weighted by Gasteiger charge is 2.26. The van der Waals surface area contributed by atoms with Crippen LogP contribution in [0.2, 0.25) is 0 Å². The normalized spacial score (nSPS) is 14.7. The van der Waals surface area contributed by atoms with Crippen molar-refractivity contribution in [3.05, 3.63) is 47.5 Å². The van der Waals surface area contributed by atoms with E-state index in [-0.39, 0.29) is 6.54 Å². The minimum atomic E-state index is -0.705. The van der Waals surface area contributed by atoms with E-state index in [4.69, 9.17) is 9.47 Å². The third-order valence-corrected chi connectivity index (χ3v) is 10.2. The number of hydrogen-bond acceptors (Lipinski definition) is 10. The van der Waals surface area contributed by atoms with E-state index in [0.29, 0.717) is 54.9 Å². The van der Waals surface area contributed by atoms with Crippen LogP contribution in [0.15, 0.2) is 46.2 Å². The highest BCUT2D eigenvalue weighted by molar-refractivity contribution is 8.76. The number of nitrogens with one attached hydrogen (secondary N) is 2. The van der Waals surface area contributed by atoms with Gasteiger partial charge >= 0.3 is 23.6 Å². The van der Waals surface area contributed by atoms with Crippen molar-refractivity contribution in [3.8, 4) is 11.5 Å². The van der Waals surface area contributed by atoms with Gasteiger partial charge in [0.25, 0.3) is 0 Å². The van der Waals surface area contributed by atoms with E-state index < -0.39 is 23.6 Å². The van der Waals surface area contributed by atoms with Crippen molar-refractivity contribution in [1.29, 1.82) is 0 Å². The molecule has 0 spiro atoms. The molecule has 14 heteroatoms. The minimum absolute atomic E-state index is 0.237. The maximum absolute atomic E-state index is 12.7. The molecule has 0 aromatic heterocycles. The molecule has 0 saturated heterocycles. The average molecular weight is 623 g/mol.